The first kappa shape index (κ1) is 14.5. The lowest BCUT2D eigenvalue weighted by atomic mass is 9.99. The molecule has 0 saturated heterocycles. The van der Waals surface area contributed by atoms with Gasteiger partial charge in [-0.15, -0.1) is 0 Å². The molecule has 1 aromatic heterocycles. The molecule has 100 valence electrons. The number of anilines is 1. The fourth-order valence-corrected chi connectivity index (χ4v) is 1.99. The molecule has 0 unspecified atom stereocenters. The van der Waals surface area contributed by atoms with Gasteiger partial charge in [0.2, 0.25) is 0 Å². The number of hydrogen-bond donors (Lipinski definition) is 1. The maximum Gasteiger partial charge on any atom is 0.339 e. The van der Waals surface area contributed by atoms with Gasteiger partial charge in [0.15, 0.2) is 0 Å². The monoisotopic (exact) mass is 250 g/mol. The molecule has 0 aliphatic rings. The molecular formula is C14H22N2O2. The van der Waals surface area contributed by atoms with Crippen LogP contribution in [-0.4, -0.2) is 23.6 Å². The molecule has 0 fully saturated rings. The highest BCUT2D eigenvalue weighted by atomic mass is 16.5. The lowest BCUT2D eigenvalue weighted by Gasteiger charge is -2.26. The Labute approximate surface area is 109 Å². The molecular weight excluding hydrogens is 228 g/mol. The minimum Gasteiger partial charge on any atom is -0.465 e. The molecule has 0 bridgehead atoms. The highest BCUT2D eigenvalue weighted by Gasteiger charge is 2.17. The molecule has 0 aliphatic heterocycles. The Bertz CT molecular complexity index is 428. The summed E-state index contributed by atoms with van der Waals surface area (Å²) < 4.78 is 4.70. The van der Waals surface area contributed by atoms with Crippen molar-refractivity contribution in [2.75, 3.05) is 12.4 Å². The number of esters is 1. The number of rotatable bonds is 5. The maximum absolute atomic E-state index is 11.5. The summed E-state index contributed by atoms with van der Waals surface area (Å²) in [5, 5.41) is 3.38. The van der Waals surface area contributed by atoms with Crippen molar-refractivity contribution in [2.24, 2.45) is 0 Å². The SMILES string of the molecule is CCCC(C)(C)Nc1ccc(C(=O)OC)c(C)n1. The Morgan fingerprint density at radius 3 is 2.61 bits per heavy atom. The predicted molar refractivity (Wildman–Crippen MR) is 72.9 cm³/mol. The normalized spacial score (nSPS) is 11.2. The highest BCUT2D eigenvalue weighted by Crippen LogP contribution is 2.19. The van der Waals surface area contributed by atoms with E-state index in [2.05, 4.69) is 31.1 Å². The number of aromatic nitrogens is 1. The molecule has 0 radical (unpaired) electrons. The van der Waals surface area contributed by atoms with Crippen molar-refractivity contribution in [3.05, 3.63) is 23.4 Å². The molecule has 0 spiro atoms. The van der Waals surface area contributed by atoms with E-state index in [9.17, 15) is 4.79 Å². The standard InChI is InChI=1S/C14H22N2O2/c1-6-9-14(3,4)16-12-8-7-11(10(2)15-12)13(17)18-5/h7-8H,6,9H2,1-5H3,(H,15,16). The number of carbonyl (C=O) groups excluding carboxylic acids is 1. The summed E-state index contributed by atoms with van der Waals surface area (Å²) in [5.41, 5.74) is 1.19. The van der Waals surface area contributed by atoms with Gasteiger partial charge in [-0.3, -0.25) is 0 Å². The molecule has 4 heteroatoms. The van der Waals surface area contributed by atoms with E-state index in [1.54, 1.807) is 6.07 Å². The van der Waals surface area contributed by atoms with Crippen molar-refractivity contribution >= 4 is 11.8 Å². The number of ether oxygens (including phenoxy) is 1. The first-order chi connectivity index (χ1) is 8.39. The van der Waals surface area contributed by atoms with Crippen molar-refractivity contribution in [3.63, 3.8) is 0 Å². The van der Waals surface area contributed by atoms with Gasteiger partial charge in [-0.25, -0.2) is 9.78 Å². The summed E-state index contributed by atoms with van der Waals surface area (Å²) in [5.74, 6) is 0.443. The third-order valence-corrected chi connectivity index (χ3v) is 2.83. The lowest BCUT2D eigenvalue weighted by molar-refractivity contribution is 0.0599. The smallest absolute Gasteiger partial charge is 0.339 e. The third-order valence-electron chi connectivity index (χ3n) is 2.83. The molecule has 0 aliphatic carbocycles. The van der Waals surface area contributed by atoms with Gasteiger partial charge >= 0.3 is 5.97 Å². The van der Waals surface area contributed by atoms with Gasteiger partial charge in [0, 0.05) is 5.54 Å². The van der Waals surface area contributed by atoms with Crippen molar-refractivity contribution < 1.29 is 9.53 Å². The molecule has 1 heterocycles. The van der Waals surface area contributed by atoms with Crippen LogP contribution < -0.4 is 5.32 Å². The number of nitrogens with one attached hydrogen (secondary N) is 1. The van der Waals surface area contributed by atoms with Crippen LogP contribution in [0.2, 0.25) is 0 Å². The molecule has 0 atom stereocenters. The lowest BCUT2D eigenvalue weighted by Crippen LogP contribution is -2.31. The maximum atomic E-state index is 11.5. The number of nitrogens with zero attached hydrogens (tertiary/aromatic N) is 1. The van der Waals surface area contributed by atoms with E-state index in [-0.39, 0.29) is 11.5 Å². The van der Waals surface area contributed by atoms with E-state index in [0.717, 1.165) is 18.7 Å². The topological polar surface area (TPSA) is 51.2 Å². The summed E-state index contributed by atoms with van der Waals surface area (Å²) >= 11 is 0. The van der Waals surface area contributed by atoms with E-state index >= 15 is 0 Å². The number of carbonyl (C=O) groups is 1. The van der Waals surface area contributed by atoms with Crippen LogP contribution in [0.15, 0.2) is 12.1 Å². The van der Waals surface area contributed by atoms with Crippen molar-refractivity contribution in [3.8, 4) is 0 Å². The quantitative estimate of drug-likeness (QED) is 0.815. The van der Waals surface area contributed by atoms with Gasteiger partial charge in [-0.2, -0.15) is 0 Å². The number of hydrogen-bond acceptors (Lipinski definition) is 4. The highest BCUT2D eigenvalue weighted by molar-refractivity contribution is 5.90. The van der Waals surface area contributed by atoms with E-state index in [1.807, 2.05) is 13.0 Å². The second kappa shape index (κ2) is 5.85. The molecule has 1 rings (SSSR count). The minimum absolute atomic E-state index is 0.000964. The van der Waals surface area contributed by atoms with Crippen LogP contribution in [0.4, 0.5) is 5.82 Å². The van der Waals surface area contributed by atoms with Crippen LogP contribution >= 0.6 is 0 Å². The van der Waals surface area contributed by atoms with Crippen molar-refractivity contribution in [1.82, 2.24) is 4.98 Å². The largest absolute Gasteiger partial charge is 0.465 e. The summed E-state index contributed by atoms with van der Waals surface area (Å²) in [4.78, 5) is 15.8. The minimum atomic E-state index is -0.348. The predicted octanol–water partition coefficient (Wildman–Crippen LogP) is 3.17. The van der Waals surface area contributed by atoms with Gasteiger partial charge in [-0.1, -0.05) is 13.3 Å². The summed E-state index contributed by atoms with van der Waals surface area (Å²) in [7, 11) is 1.37. The van der Waals surface area contributed by atoms with Gasteiger partial charge in [0.1, 0.15) is 5.82 Å². The van der Waals surface area contributed by atoms with E-state index < -0.39 is 0 Å². The Hall–Kier alpha value is -1.58. The first-order valence-electron chi connectivity index (χ1n) is 6.24. The number of aryl methyl sites for hydroxylation is 1. The molecule has 1 N–H and O–H groups in total. The molecule has 4 nitrogen and oxygen atoms in total. The van der Waals surface area contributed by atoms with Gasteiger partial charge in [0.25, 0.3) is 0 Å². The Morgan fingerprint density at radius 2 is 2.11 bits per heavy atom. The van der Waals surface area contributed by atoms with Crippen LogP contribution in [-0.2, 0) is 4.74 Å². The van der Waals surface area contributed by atoms with Gasteiger partial charge < -0.3 is 10.1 Å². The van der Waals surface area contributed by atoms with E-state index in [1.165, 1.54) is 7.11 Å². The first-order valence-corrected chi connectivity index (χ1v) is 6.24. The van der Waals surface area contributed by atoms with E-state index in [0.29, 0.717) is 11.3 Å². The molecule has 1 aromatic rings. The average molecular weight is 250 g/mol. The van der Waals surface area contributed by atoms with Crippen LogP contribution in [0.3, 0.4) is 0 Å². The van der Waals surface area contributed by atoms with E-state index in [4.69, 9.17) is 4.74 Å². The third kappa shape index (κ3) is 3.72. The van der Waals surface area contributed by atoms with Crippen LogP contribution in [0, 0.1) is 6.92 Å². The van der Waals surface area contributed by atoms with Crippen LogP contribution in [0.5, 0.6) is 0 Å². The average Bonchev–Trinajstić information content (AvgIpc) is 2.27. The second-order valence-electron chi connectivity index (χ2n) is 5.08. The Morgan fingerprint density at radius 1 is 1.44 bits per heavy atom. The number of pyridine rings is 1. The Kier molecular flexibility index (Phi) is 4.70. The van der Waals surface area contributed by atoms with Crippen molar-refractivity contribution in [2.45, 2.75) is 46.1 Å². The second-order valence-corrected chi connectivity index (χ2v) is 5.08. The summed E-state index contributed by atoms with van der Waals surface area (Å²) in [6, 6.07) is 3.56. The zero-order valence-corrected chi connectivity index (χ0v) is 11.8. The Balaban J connectivity index is 2.88. The van der Waals surface area contributed by atoms with Gasteiger partial charge in [-0.05, 0) is 39.3 Å². The fraction of sp³-hybridized carbons (Fsp3) is 0.571. The van der Waals surface area contributed by atoms with Crippen molar-refractivity contribution in [1.29, 1.82) is 0 Å². The molecule has 18 heavy (non-hydrogen) atoms. The van der Waals surface area contributed by atoms with Gasteiger partial charge in [0.05, 0.1) is 18.4 Å². The zero-order chi connectivity index (χ0) is 13.8. The molecule has 0 saturated carbocycles. The molecule has 0 aromatic carbocycles. The number of methoxy groups -OCH3 is 1. The zero-order valence-electron chi connectivity index (χ0n) is 11.8. The summed E-state index contributed by atoms with van der Waals surface area (Å²) in [6.07, 6.45) is 2.17. The molecule has 0 amide bonds. The summed E-state index contributed by atoms with van der Waals surface area (Å²) in [6.45, 7) is 8.25. The van der Waals surface area contributed by atoms with Crippen LogP contribution in [0.25, 0.3) is 0 Å². The fourth-order valence-electron chi connectivity index (χ4n) is 1.99. The van der Waals surface area contributed by atoms with Crippen LogP contribution in [0.1, 0.15) is 49.7 Å².